The minimum Gasteiger partial charge on any atom is -0.470 e. The number of amides is 3. The number of urea groups is 1. The lowest BCUT2D eigenvalue weighted by molar-refractivity contribution is -0.134. The van der Waals surface area contributed by atoms with Crippen LogP contribution in [0.3, 0.4) is 0 Å². The lowest BCUT2D eigenvalue weighted by Gasteiger charge is -2.33. The Morgan fingerprint density at radius 2 is 2.26 bits per heavy atom. The number of hydrogen-bond donors (Lipinski definition) is 1. The fourth-order valence-corrected chi connectivity index (χ4v) is 2.55. The third kappa shape index (κ3) is 3.26. The molecule has 0 radical (unpaired) electrons. The van der Waals surface area contributed by atoms with Crippen molar-refractivity contribution in [2.75, 3.05) is 13.1 Å². The van der Waals surface area contributed by atoms with Crippen molar-refractivity contribution in [2.24, 2.45) is 4.99 Å². The summed E-state index contributed by atoms with van der Waals surface area (Å²) >= 11 is 0. The standard InChI is InChI=1S/C14H14N6O3/c15-6-10-12(17-4-3-16-10)23-9-2-1-5-20(8-9)13(21)11-7-18-14(22)19-11/h3-4,7,9,11H,1-2,5,8H2,(H,19,22). The number of nitrogens with zero attached hydrogens (tertiary/aromatic N) is 5. The fourth-order valence-electron chi connectivity index (χ4n) is 2.55. The van der Waals surface area contributed by atoms with E-state index in [4.69, 9.17) is 10.00 Å². The van der Waals surface area contributed by atoms with Crippen molar-refractivity contribution in [3.63, 3.8) is 0 Å². The van der Waals surface area contributed by atoms with Gasteiger partial charge in [-0.25, -0.2) is 19.8 Å². The van der Waals surface area contributed by atoms with Crippen LogP contribution >= 0.6 is 0 Å². The molecule has 0 aliphatic carbocycles. The molecule has 0 aromatic carbocycles. The van der Waals surface area contributed by atoms with E-state index in [0.29, 0.717) is 13.1 Å². The maximum atomic E-state index is 12.4. The van der Waals surface area contributed by atoms with E-state index in [1.807, 2.05) is 6.07 Å². The molecule has 1 aromatic rings. The summed E-state index contributed by atoms with van der Waals surface area (Å²) in [6.07, 6.45) is 5.42. The first kappa shape index (κ1) is 14.9. The van der Waals surface area contributed by atoms with Gasteiger partial charge < -0.3 is 15.0 Å². The van der Waals surface area contributed by atoms with Gasteiger partial charge in [-0.3, -0.25) is 4.79 Å². The first-order chi connectivity index (χ1) is 11.2. The van der Waals surface area contributed by atoms with Crippen LogP contribution in [0.2, 0.25) is 0 Å². The van der Waals surface area contributed by atoms with E-state index in [1.165, 1.54) is 18.6 Å². The molecule has 2 aliphatic heterocycles. The maximum absolute atomic E-state index is 12.4. The molecule has 0 spiro atoms. The highest BCUT2D eigenvalue weighted by molar-refractivity contribution is 6.07. The van der Waals surface area contributed by atoms with Crippen molar-refractivity contribution < 1.29 is 14.3 Å². The van der Waals surface area contributed by atoms with Gasteiger partial charge >= 0.3 is 6.03 Å². The lowest BCUT2D eigenvalue weighted by atomic mass is 10.1. The molecule has 23 heavy (non-hydrogen) atoms. The van der Waals surface area contributed by atoms with E-state index in [0.717, 1.165) is 12.8 Å². The Hall–Kier alpha value is -3.02. The summed E-state index contributed by atoms with van der Waals surface area (Å²) in [5.74, 6) is -0.0439. The average Bonchev–Trinajstić information content (AvgIpc) is 3.01. The topological polar surface area (TPSA) is 121 Å². The van der Waals surface area contributed by atoms with Crippen molar-refractivity contribution in [3.05, 3.63) is 18.1 Å². The molecule has 3 heterocycles. The number of likely N-dealkylation sites (tertiary alicyclic amines) is 1. The number of nitrogens with one attached hydrogen (secondary N) is 1. The quantitative estimate of drug-likeness (QED) is 0.830. The first-order valence-electron chi connectivity index (χ1n) is 7.18. The maximum Gasteiger partial charge on any atom is 0.341 e. The van der Waals surface area contributed by atoms with Gasteiger partial charge in [-0.05, 0) is 12.8 Å². The van der Waals surface area contributed by atoms with Crippen molar-refractivity contribution in [3.8, 4) is 11.9 Å². The number of piperidine rings is 1. The minimum atomic E-state index is -0.715. The highest BCUT2D eigenvalue weighted by Gasteiger charge is 2.32. The van der Waals surface area contributed by atoms with Crippen molar-refractivity contribution in [1.82, 2.24) is 20.2 Å². The number of ether oxygens (including phenoxy) is 1. The van der Waals surface area contributed by atoms with Gasteiger partial charge in [0.05, 0.1) is 6.54 Å². The average molecular weight is 314 g/mol. The lowest BCUT2D eigenvalue weighted by Crippen LogP contribution is -2.51. The van der Waals surface area contributed by atoms with Gasteiger partial charge in [0.15, 0.2) is 0 Å². The fraction of sp³-hybridized carbons (Fsp3) is 0.429. The van der Waals surface area contributed by atoms with Gasteiger partial charge in [0, 0.05) is 25.2 Å². The van der Waals surface area contributed by atoms with Crippen molar-refractivity contribution in [1.29, 1.82) is 5.26 Å². The summed E-state index contributed by atoms with van der Waals surface area (Å²) in [5, 5.41) is 11.5. The van der Waals surface area contributed by atoms with Crippen LogP contribution < -0.4 is 10.1 Å². The zero-order chi connectivity index (χ0) is 16.2. The van der Waals surface area contributed by atoms with E-state index in [9.17, 15) is 9.59 Å². The Labute approximate surface area is 132 Å². The summed E-state index contributed by atoms with van der Waals surface area (Å²) in [4.78, 5) is 36.5. The van der Waals surface area contributed by atoms with Crippen LogP contribution in [0, 0.1) is 11.3 Å². The summed E-state index contributed by atoms with van der Waals surface area (Å²) in [6.45, 7) is 0.949. The molecule has 9 nitrogen and oxygen atoms in total. The molecule has 1 N–H and O–H groups in total. The number of rotatable bonds is 3. The number of hydrogen-bond acceptors (Lipinski definition) is 6. The third-order valence-corrected chi connectivity index (χ3v) is 3.62. The van der Waals surface area contributed by atoms with Gasteiger partial charge in [0.2, 0.25) is 5.69 Å². The molecule has 118 valence electrons. The molecule has 0 saturated carbocycles. The molecular formula is C14H14N6O3. The van der Waals surface area contributed by atoms with E-state index in [2.05, 4.69) is 20.3 Å². The first-order valence-corrected chi connectivity index (χ1v) is 7.18. The van der Waals surface area contributed by atoms with Crippen LogP contribution in [0.15, 0.2) is 17.4 Å². The Kier molecular flexibility index (Phi) is 4.14. The van der Waals surface area contributed by atoms with Crippen molar-refractivity contribution in [2.45, 2.75) is 25.0 Å². The Balaban J connectivity index is 1.64. The molecule has 0 bridgehead atoms. The highest BCUT2D eigenvalue weighted by atomic mass is 16.5. The van der Waals surface area contributed by atoms with Gasteiger partial charge in [-0.15, -0.1) is 0 Å². The summed E-state index contributed by atoms with van der Waals surface area (Å²) in [6, 6.07) is 0.701. The normalized spacial score (nSPS) is 23.3. The second-order valence-corrected chi connectivity index (χ2v) is 5.19. The molecule has 3 rings (SSSR count). The smallest absolute Gasteiger partial charge is 0.341 e. The SMILES string of the molecule is N#Cc1nccnc1OC1CCCN(C(=O)C2C=NC(=O)N2)C1. The van der Waals surface area contributed by atoms with Crippen molar-refractivity contribution >= 4 is 18.2 Å². The van der Waals surface area contributed by atoms with Gasteiger partial charge in [0.25, 0.3) is 11.8 Å². The molecule has 2 aliphatic rings. The van der Waals surface area contributed by atoms with E-state index in [-0.39, 0.29) is 23.6 Å². The zero-order valence-corrected chi connectivity index (χ0v) is 12.2. The van der Waals surface area contributed by atoms with E-state index >= 15 is 0 Å². The molecule has 9 heteroatoms. The molecule has 2 atom stereocenters. The number of carbonyl (C=O) groups excluding carboxylic acids is 2. The third-order valence-electron chi connectivity index (χ3n) is 3.62. The molecular weight excluding hydrogens is 300 g/mol. The second kappa shape index (κ2) is 6.39. The summed E-state index contributed by atoms with van der Waals surface area (Å²) in [5.41, 5.74) is 0.117. The monoisotopic (exact) mass is 314 g/mol. The largest absolute Gasteiger partial charge is 0.470 e. The molecule has 1 fully saturated rings. The van der Waals surface area contributed by atoms with Crippen LogP contribution in [0.4, 0.5) is 4.79 Å². The van der Waals surface area contributed by atoms with Crippen LogP contribution in [-0.2, 0) is 4.79 Å². The minimum absolute atomic E-state index is 0.117. The van der Waals surface area contributed by atoms with Crippen LogP contribution in [0.1, 0.15) is 18.5 Å². The Morgan fingerprint density at radius 3 is 3.00 bits per heavy atom. The number of aromatic nitrogens is 2. The van der Waals surface area contributed by atoms with Crippen LogP contribution in [0.5, 0.6) is 5.88 Å². The summed E-state index contributed by atoms with van der Waals surface area (Å²) in [7, 11) is 0. The number of carbonyl (C=O) groups is 2. The Morgan fingerprint density at radius 1 is 1.43 bits per heavy atom. The van der Waals surface area contributed by atoms with Gasteiger partial charge in [-0.1, -0.05) is 0 Å². The van der Waals surface area contributed by atoms with Crippen LogP contribution in [-0.4, -0.2) is 58.3 Å². The molecule has 2 unspecified atom stereocenters. The Bertz CT molecular complexity index is 698. The summed E-state index contributed by atoms with van der Waals surface area (Å²) < 4.78 is 5.73. The van der Waals surface area contributed by atoms with Gasteiger partial charge in [-0.2, -0.15) is 5.26 Å². The molecule has 1 aromatic heterocycles. The number of nitriles is 1. The van der Waals surface area contributed by atoms with Crippen LogP contribution in [0.25, 0.3) is 0 Å². The van der Waals surface area contributed by atoms with E-state index in [1.54, 1.807) is 4.90 Å². The zero-order valence-electron chi connectivity index (χ0n) is 12.2. The second-order valence-electron chi connectivity index (χ2n) is 5.19. The highest BCUT2D eigenvalue weighted by Crippen LogP contribution is 2.19. The molecule has 3 amide bonds. The predicted molar refractivity (Wildman–Crippen MR) is 77.8 cm³/mol. The number of aliphatic imine (C=N–C) groups is 1. The van der Waals surface area contributed by atoms with Gasteiger partial charge in [0.1, 0.15) is 18.2 Å². The molecule has 1 saturated heterocycles. The van der Waals surface area contributed by atoms with E-state index < -0.39 is 12.1 Å². The predicted octanol–water partition coefficient (Wildman–Crippen LogP) is -0.119.